The highest BCUT2D eigenvalue weighted by Gasteiger charge is 2.25. The van der Waals surface area contributed by atoms with E-state index < -0.39 is 12.1 Å². The Morgan fingerprint density at radius 1 is 1.37 bits per heavy atom. The third-order valence-corrected chi connectivity index (χ3v) is 3.66. The number of carbonyl (C=O) groups excluding carboxylic acids is 1. The van der Waals surface area contributed by atoms with Crippen molar-refractivity contribution >= 4 is 21.9 Å². The van der Waals surface area contributed by atoms with E-state index in [9.17, 15) is 9.90 Å². The lowest BCUT2D eigenvalue weighted by Crippen LogP contribution is -2.16. The molecule has 0 bridgehead atoms. The zero-order chi connectivity index (χ0) is 14.6. The van der Waals surface area contributed by atoms with Crippen molar-refractivity contribution in [2.75, 3.05) is 21.3 Å². The Morgan fingerprint density at radius 2 is 2.00 bits per heavy atom. The van der Waals surface area contributed by atoms with Gasteiger partial charge in [0.05, 0.1) is 25.8 Å². The zero-order valence-electron chi connectivity index (χ0n) is 11.3. The first-order chi connectivity index (χ1) is 9.01. The molecule has 1 rings (SSSR count). The summed E-state index contributed by atoms with van der Waals surface area (Å²) in [6, 6.07) is 1.59. The van der Waals surface area contributed by atoms with Crippen molar-refractivity contribution in [3.8, 4) is 11.5 Å². The molecule has 1 N–H and O–H groups in total. The summed E-state index contributed by atoms with van der Waals surface area (Å²) in [5.74, 6) is 0.249. The Balaban J connectivity index is 3.46. The highest BCUT2D eigenvalue weighted by atomic mass is 79.9. The quantitative estimate of drug-likeness (QED) is 0.837. The fraction of sp³-hybridized carbons (Fsp3) is 0.462. The van der Waals surface area contributed by atoms with Gasteiger partial charge in [-0.15, -0.1) is 0 Å². The van der Waals surface area contributed by atoms with Gasteiger partial charge in [-0.05, 0) is 39.5 Å². The number of ether oxygens (including phenoxy) is 3. The molecular weight excluding hydrogens is 316 g/mol. The SMILES string of the molecule is CCc1c(C(O)C(=O)OC)cc(OC)c(OC)c1Br. The highest BCUT2D eigenvalue weighted by Crippen LogP contribution is 2.41. The van der Waals surface area contributed by atoms with Gasteiger partial charge in [-0.1, -0.05) is 6.92 Å². The Kier molecular flexibility index (Phi) is 5.62. The number of aliphatic hydroxyl groups excluding tert-OH is 1. The molecule has 1 aromatic carbocycles. The number of hydrogen-bond donors (Lipinski definition) is 1. The first-order valence-corrected chi connectivity index (χ1v) is 6.50. The van der Waals surface area contributed by atoms with E-state index in [0.717, 1.165) is 5.56 Å². The molecule has 0 spiro atoms. The molecule has 1 aromatic rings. The number of benzene rings is 1. The average molecular weight is 333 g/mol. The Hall–Kier alpha value is -1.27. The third kappa shape index (κ3) is 3.01. The second-order valence-electron chi connectivity index (χ2n) is 3.77. The molecule has 1 unspecified atom stereocenters. The maximum absolute atomic E-state index is 11.5. The summed E-state index contributed by atoms with van der Waals surface area (Å²) in [7, 11) is 4.25. The van der Waals surface area contributed by atoms with Gasteiger partial charge in [0.2, 0.25) is 0 Å². The molecule has 0 aliphatic carbocycles. The van der Waals surface area contributed by atoms with E-state index in [0.29, 0.717) is 28.0 Å². The smallest absolute Gasteiger partial charge is 0.339 e. The molecule has 0 heterocycles. The Bertz CT molecular complexity index is 473. The standard InChI is InChI=1S/C13H17BrO5/c1-5-7-8(11(15)13(16)19-4)6-9(17-2)12(18-3)10(7)14/h6,11,15H,5H2,1-4H3. The number of rotatable bonds is 5. The molecule has 0 radical (unpaired) electrons. The van der Waals surface area contributed by atoms with E-state index in [-0.39, 0.29) is 0 Å². The van der Waals surface area contributed by atoms with Gasteiger partial charge in [0.15, 0.2) is 17.6 Å². The second kappa shape index (κ2) is 6.77. The van der Waals surface area contributed by atoms with Crippen LogP contribution in [0.2, 0.25) is 0 Å². The van der Waals surface area contributed by atoms with Crippen LogP contribution >= 0.6 is 15.9 Å². The van der Waals surface area contributed by atoms with Crippen LogP contribution in [0.1, 0.15) is 24.2 Å². The van der Waals surface area contributed by atoms with Crippen LogP contribution in [0.15, 0.2) is 10.5 Å². The molecule has 106 valence electrons. The monoisotopic (exact) mass is 332 g/mol. The summed E-state index contributed by atoms with van der Waals surface area (Å²) in [6.07, 6.45) is -0.735. The summed E-state index contributed by atoms with van der Waals surface area (Å²) in [5.41, 5.74) is 1.22. The lowest BCUT2D eigenvalue weighted by molar-refractivity contribution is -0.150. The minimum Gasteiger partial charge on any atom is -0.493 e. The molecule has 0 amide bonds. The van der Waals surface area contributed by atoms with Crippen LogP contribution in [0.25, 0.3) is 0 Å². The van der Waals surface area contributed by atoms with Gasteiger partial charge in [-0.3, -0.25) is 0 Å². The number of methoxy groups -OCH3 is 3. The van der Waals surface area contributed by atoms with E-state index in [4.69, 9.17) is 9.47 Å². The predicted molar refractivity (Wildman–Crippen MR) is 73.6 cm³/mol. The van der Waals surface area contributed by atoms with Crippen LogP contribution in [-0.4, -0.2) is 32.4 Å². The van der Waals surface area contributed by atoms with Crippen molar-refractivity contribution < 1.29 is 24.1 Å². The van der Waals surface area contributed by atoms with Crippen molar-refractivity contribution in [3.05, 3.63) is 21.7 Å². The fourth-order valence-electron chi connectivity index (χ4n) is 1.85. The summed E-state index contributed by atoms with van der Waals surface area (Å²) < 4.78 is 15.7. The van der Waals surface area contributed by atoms with Crippen molar-refractivity contribution in [2.24, 2.45) is 0 Å². The molecule has 0 aliphatic heterocycles. The van der Waals surface area contributed by atoms with E-state index in [1.807, 2.05) is 6.92 Å². The number of aliphatic hydroxyl groups is 1. The molecular formula is C13H17BrO5. The molecule has 0 fully saturated rings. The van der Waals surface area contributed by atoms with Gasteiger partial charge in [0.1, 0.15) is 0 Å². The number of carbonyl (C=O) groups is 1. The van der Waals surface area contributed by atoms with Gasteiger partial charge < -0.3 is 19.3 Å². The first kappa shape index (κ1) is 15.8. The lowest BCUT2D eigenvalue weighted by Gasteiger charge is -2.19. The topological polar surface area (TPSA) is 65.0 Å². The van der Waals surface area contributed by atoms with Crippen molar-refractivity contribution in [2.45, 2.75) is 19.4 Å². The van der Waals surface area contributed by atoms with Crippen molar-refractivity contribution in [3.63, 3.8) is 0 Å². The molecule has 0 saturated heterocycles. The molecule has 0 aliphatic rings. The highest BCUT2D eigenvalue weighted by molar-refractivity contribution is 9.10. The van der Waals surface area contributed by atoms with Crippen LogP contribution < -0.4 is 9.47 Å². The van der Waals surface area contributed by atoms with Gasteiger partial charge in [0.25, 0.3) is 0 Å². The zero-order valence-corrected chi connectivity index (χ0v) is 12.9. The normalized spacial score (nSPS) is 11.9. The van der Waals surface area contributed by atoms with Gasteiger partial charge in [-0.2, -0.15) is 0 Å². The Morgan fingerprint density at radius 3 is 2.42 bits per heavy atom. The summed E-state index contributed by atoms with van der Waals surface area (Å²) in [4.78, 5) is 11.5. The molecule has 0 saturated carbocycles. The number of esters is 1. The van der Waals surface area contributed by atoms with Crippen molar-refractivity contribution in [1.29, 1.82) is 0 Å². The van der Waals surface area contributed by atoms with E-state index in [2.05, 4.69) is 20.7 Å². The summed E-state index contributed by atoms with van der Waals surface area (Å²) in [5, 5.41) is 10.0. The first-order valence-electron chi connectivity index (χ1n) is 5.70. The van der Waals surface area contributed by atoms with E-state index in [1.165, 1.54) is 21.3 Å². The van der Waals surface area contributed by atoms with Crippen LogP contribution in [0.4, 0.5) is 0 Å². The summed E-state index contributed by atoms with van der Waals surface area (Å²) >= 11 is 3.42. The second-order valence-corrected chi connectivity index (χ2v) is 4.57. The molecule has 0 aromatic heterocycles. The van der Waals surface area contributed by atoms with Crippen LogP contribution in [0.5, 0.6) is 11.5 Å². The molecule has 1 atom stereocenters. The molecule has 5 nitrogen and oxygen atoms in total. The fourth-order valence-corrected chi connectivity index (χ4v) is 2.72. The van der Waals surface area contributed by atoms with Gasteiger partial charge >= 0.3 is 5.97 Å². The van der Waals surface area contributed by atoms with Crippen LogP contribution in [-0.2, 0) is 16.0 Å². The number of hydrogen-bond acceptors (Lipinski definition) is 5. The minimum atomic E-state index is -1.35. The Labute approximate surface area is 120 Å². The summed E-state index contributed by atoms with van der Waals surface area (Å²) in [6.45, 7) is 1.92. The minimum absolute atomic E-state index is 0.435. The largest absolute Gasteiger partial charge is 0.493 e. The molecule has 19 heavy (non-hydrogen) atoms. The number of halogens is 1. The third-order valence-electron chi connectivity index (χ3n) is 2.82. The molecule has 6 heteroatoms. The maximum atomic E-state index is 11.5. The van der Waals surface area contributed by atoms with E-state index >= 15 is 0 Å². The van der Waals surface area contributed by atoms with Crippen molar-refractivity contribution in [1.82, 2.24) is 0 Å². The van der Waals surface area contributed by atoms with Gasteiger partial charge in [-0.25, -0.2) is 4.79 Å². The average Bonchev–Trinajstić information content (AvgIpc) is 2.44. The lowest BCUT2D eigenvalue weighted by atomic mass is 9.99. The van der Waals surface area contributed by atoms with Crippen LogP contribution in [0.3, 0.4) is 0 Å². The van der Waals surface area contributed by atoms with Crippen LogP contribution in [0, 0.1) is 0 Å². The van der Waals surface area contributed by atoms with Gasteiger partial charge in [0, 0.05) is 0 Å². The van der Waals surface area contributed by atoms with E-state index in [1.54, 1.807) is 6.07 Å². The maximum Gasteiger partial charge on any atom is 0.339 e. The predicted octanol–water partition coefficient (Wildman–Crippen LogP) is 2.24.